The van der Waals surface area contributed by atoms with Gasteiger partial charge in [0.1, 0.15) is 35.6 Å². The molecular weight excluding hydrogens is 1330 g/mol. The van der Waals surface area contributed by atoms with Crippen LogP contribution in [0.1, 0.15) is 139 Å². The molecule has 548 valence electrons. The zero-order valence-electron chi connectivity index (χ0n) is 58.2. The van der Waals surface area contributed by atoms with E-state index in [1.54, 1.807) is 76.2 Å². The fraction of sp³-hybridized carbons (Fsp3) is 0.514. The number of urea groups is 1. The first-order chi connectivity index (χ1) is 48.6. The summed E-state index contributed by atoms with van der Waals surface area (Å²) in [5.41, 5.74) is 3.27. The van der Waals surface area contributed by atoms with E-state index in [-0.39, 0.29) is 128 Å². The fourth-order valence-corrected chi connectivity index (χ4v) is 14.0. The summed E-state index contributed by atoms with van der Waals surface area (Å²) in [5, 5.41) is 44.9. The quantitative estimate of drug-likeness (QED) is 0.0195. The van der Waals surface area contributed by atoms with E-state index in [2.05, 4.69) is 20.9 Å². The highest BCUT2D eigenvalue weighted by Gasteiger charge is 2.56. The molecule has 8 amide bonds. The predicted octanol–water partition coefficient (Wildman–Crippen LogP) is 5.08. The lowest BCUT2D eigenvalue weighted by Crippen LogP contribution is -2.55. The van der Waals surface area contributed by atoms with Crippen molar-refractivity contribution < 1.29 is 106 Å². The third-order valence-corrected chi connectivity index (χ3v) is 19.6. The molecule has 4 aromatic carbocycles. The Bertz CT molecular complexity index is 3890. The number of amides is 8. The number of morpholine rings is 1. The Morgan fingerprint density at radius 1 is 0.833 bits per heavy atom. The minimum Gasteiger partial charge on any atom is -0.507 e. The number of anilines is 2. The number of ketones is 4. The summed E-state index contributed by atoms with van der Waals surface area (Å²) >= 11 is 0. The summed E-state index contributed by atoms with van der Waals surface area (Å²) < 4.78 is 47.0. The summed E-state index contributed by atoms with van der Waals surface area (Å²) in [5.74, 6) is -7.45. The van der Waals surface area contributed by atoms with Gasteiger partial charge >= 0.3 is 18.2 Å². The molecule has 11 atom stereocenters. The number of aryl methyl sites for hydroxylation is 1. The van der Waals surface area contributed by atoms with Crippen molar-refractivity contribution in [1.82, 2.24) is 25.3 Å². The van der Waals surface area contributed by atoms with Gasteiger partial charge in [0.15, 0.2) is 37.0 Å². The number of benzene rings is 4. The van der Waals surface area contributed by atoms with Crippen molar-refractivity contribution in [3.63, 3.8) is 0 Å². The number of carbonyl (C=O) groups excluding carboxylic acids is 11. The van der Waals surface area contributed by atoms with Gasteiger partial charge < -0.3 is 84.7 Å². The monoisotopic (exact) mass is 1420 g/mol. The molecule has 4 heterocycles. The number of aromatic hydroxyl groups is 2. The number of hydrogen-bond acceptors (Lipinski definition) is 23. The number of Topliss-reactive ketones (excluding diaryl/α,β-unsaturated/α-hetero) is 2. The fourth-order valence-electron chi connectivity index (χ4n) is 14.0. The number of phenols is 2. The average molecular weight is 1420 g/mol. The van der Waals surface area contributed by atoms with Gasteiger partial charge in [-0.25, -0.2) is 14.4 Å². The summed E-state index contributed by atoms with van der Waals surface area (Å²) in [6.45, 7) is 6.63. The molecule has 0 bridgehead atoms. The molecule has 0 radical (unpaired) electrons. The van der Waals surface area contributed by atoms with Gasteiger partial charge in [-0.05, 0) is 80.0 Å². The van der Waals surface area contributed by atoms with Crippen LogP contribution < -0.4 is 31.3 Å². The zero-order valence-corrected chi connectivity index (χ0v) is 58.2. The lowest BCUT2D eigenvalue weighted by molar-refractivity contribution is -0.256. The molecule has 10 rings (SSSR count). The van der Waals surface area contributed by atoms with Gasteiger partial charge in [0.05, 0.1) is 54.3 Å². The molecule has 0 saturated carbocycles. The molecule has 2 unspecified atom stereocenters. The van der Waals surface area contributed by atoms with Crippen molar-refractivity contribution in [3.05, 3.63) is 111 Å². The van der Waals surface area contributed by atoms with Crippen molar-refractivity contribution in [2.45, 2.75) is 153 Å². The van der Waals surface area contributed by atoms with E-state index in [0.717, 1.165) is 10.5 Å². The maximum absolute atomic E-state index is 14.4. The number of imide groups is 1. The number of fused-ring (bicyclic) bond motifs is 6. The predicted molar refractivity (Wildman–Crippen MR) is 361 cm³/mol. The molecular formula is C72H88N8O22. The van der Waals surface area contributed by atoms with Crippen LogP contribution in [0.2, 0.25) is 0 Å². The Hall–Kier alpha value is -9.43. The van der Waals surface area contributed by atoms with E-state index in [9.17, 15) is 68.1 Å². The van der Waals surface area contributed by atoms with Crippen molar-refractivity contribution in [1.29, 1.82) is 0 Å². The van der Waals surface area contributed by atoms with Gasteiger partial charge in [-0.15, -0.1) is 0 Å². The van der Waals surface area contributed by atoms with Crippen LogP contribution in [0, 0.1) is 17.8 Å². The summed E-state index contributed by atoms with van der Waals surface area (Å²) in [6, 6.07) is 15.8. The topological polar surface area (TPSA) is 397 Å². The van der Waals surface area contributed by atoms with E-state index >= 15 is 0 Å². The molecule has 30 nitrogen and oxygen atoms in total. The van der Waals surface area contributed by atoms with Crippen LogP contribution in [0.5, 0.6) is 17.2 Å². The highest BCUT2D eigenvalue weighted by molar-refractivity contribution is 6.31. The number of hydrogen-bond donors (Lipinski definition) is 7. The van der Waals surface area contributed by atoms with Gasteiger partial charge in [-0.2, -0.15) is 0 Å². The maximum atomic E-state index is 14.4. The van der Waals surface area contributed by atoms with E-state index < -0.39 is 138 Å². The molecule has 6 aliphatic rings. The smallest absolute Gasteiger partial charge is 0.409 e. The third kappa shape index (κ3) is 16.4. The van der Waals surface area contributed by atoms with Crippen molar-refractivity contribution >= 4 is 76.4 Å². The molecule has 0 aromatic heterocycles. The molecule has 4 fully saturated rings. The second kappa shape index (κ2) is 32.3. The minimum atomic E-state index is -2.49. The van der Waals surface area contributed by atoms with Crippen LogP contribution >= 0.6 is 0 Å². The number of phenolic OH excluding ortho intramolecular Hbond substituents is 2. The van der Waals surface area contributed by atoms with E-state index in [0.29, 0.717) is 49.4 Å². The maximum Gasteiger partial charge on any atom is 0.409 e. The standard InChI is InChI=1S/C72H88N8O22/c1-37(2)59(76-52(83)16-9-12-40-19-23-44(24-20-40)80-53(84)30-38(3)66(80)90)48(81)31-42(13-11-25-74-69(73)91)65(89)75-43-21-17-41(18-22-43)35-98-70(92)77(5)26-27-78(6)71(93)99-36-51(82)72(94)33-46-56(63(88)58-57(61(46)86)60(85)45-14-10-15-49(95-7)55(45)62(58)87)50(34-72)101-54-32-47-64(39(4)100-54)102-67-68(96-8)97-29-28-79(47)67/h10,14-15,17-24,37-39,42,47,50,54,59,64,67-68,86,88,94H,9,11-13,16,25-36H2,1-8H3,(H,75,89)(H,76,83)(H3,73,74,91)/t38?,39-,42+,47-,50-,54?,59-,64+,67+,68-,72-/m0/s1. The number of primary amides is 1. The number of nitrogens with one attached hydrogen (secondary N) is 3. The van der Waals surface area contributed by atoms with Crippen LogP contribution in [0.15, 0.2) is 66.7 Å². The number of carbonyl (C=O) groups is 11. The first kappa shape index (κ1) is 75.2. The second-order valence-electron chi connectivity index (χ2n) is 27.0. The van der Waals surface area contributed by atoms with Crippen molar-refractivity contribution in [2.75, 3.05) is 77.9 Å². The van der Waals surface area contributed by atoms with Gasteiger partial charge in [-0.1, -0.05) is 57.2 Å². The summed E-state index contributed by atoms with van der Waals surface area (Å²) in [4.78, 5) is 153. The third-order valence-electron chi connectivity index (χ3n) is 19.6. The number of methoxy groups -OCH3 is 2. The number of ether oxygens (including phenoxy) is 8. The SMILES string of the molecule is COc1cccc2c1C(=O)c1c(O)c3c(c(O)c1C2=O)C[C@@](O)(C(=O)COC(=O)N(C)CCN(C)C(=O)OCc1ccc(NC(=O)[C@H](CCCNC(N)=O)CC(=O)[C@@H](NC(=O)CCCc2ccc(N4C(=O)CC(C)C4=O)cc2)C(C)C)cc1)C[C@@H]3OC1C[C@H]2[C@H](O[C@@H]3[C@@H](OC)OCCN32)[C@H](C)O1. The number of nitrogens with two attached hydrogens (primary N) is 1. The van der Waals surface area contributed by atoms with E-state index in [4.69, 9.17) is 43.6 Å². The van der Waals surface area contributed by atoms with Crippen molar-refractivity contribution in [2.24, 2.45) is 23.5 Å². The number of nitrogens with zero attached hydrogens (tertiary/aromatic N) is 4. The molecule has 0 spiro atoms. The molecule has 8 N–H and O–H groups in total. The Balaban J connectivity index is 0.711. The lowest BCUT2D eigenvalue weighted by Gasteiger charge is -2.43. The Morgan fingerprint density at radius 3 is 2.18 bits per heavy atom. The van der Waals surface area contributed by atoms with Gasteiger partial charge in [0.2, 0.25) is 35.2 Å². The van der Waals surface area contributed by atoms with Crippen LogP contribution in [0.3, 0.4) is 0 Å². The molecule has 2 aliphatic carbocycles. The normalized spacial score (nSPS) is 23.4. The van der Waals surface area contributed by atoms with Crippen molar-refractivity contribution in [3.8, 4) is 17.2 Å². The molecule has 4 aliphatic heterocycles. The van der Waals surface area contributed by atoms with Crippen LogP contribution in [0.4, 0.5) is 25.8 Å². The first-order valence-corrected chi connectivity index (χ1v) is 34.1. The molecule has 4 aromatic rings. The van der Waals surface area contributed by atoms with Gasteiger partial charge in [0.25, 0.3) is 0 Å². The molecule has 4 saturated heterocycles. The summed E-state index contributed by atoms with van der Waals surface area (Å²) in [7, 11) is 5.59. The number of aliphatic hydroxyl groups is 1. The van der Waals surface area contributed by atoms with Crippen LogP contribution in [-0.2, 0) is 81.4 Å². The van der Waals surface area contributed by atoms with E-state index in [1.807, 2.05) is 0 Å². The average Bonchev–Trinajstić information content (AvgIpc) is 0.995. The van der Waals surface area contributed by atoms with E-state index in [1.165, 1.54) is 56.3 Å². The van der Waals surface area contributed by atoms with Crippen LogP contribution in [-0.4, -0.2) is 211 Å². The van der Waals surface area contributed by atoms with Crippen LogP contribution in [0.25, 0.3) is 0 Å². The largest absolute Gasteiger partial charge is 0.507 e. The Morgan fingerprint density at radius 2 is 1.52 bits per heavy atom. The zero-order chi connectivity index (χ0) is 73.6. The highest BCUT2D eigenvalue weighted by Crippen LogP contribution is 2.53. The highest BCUT2D eigenvalue weighted by atomic mass is 16.7. The Kier molecular flexibility index (Phi) is 23.8. The Labute approximate surface area is 588 Å². The second-order valence-corrected chi connectivity index (χ2v) is 27.0. The number of rotatable bonds is 28. The molecule has 30 heteroatoms. The molecule has 102 heavy (non-hydrogen) atoms. The number of likely N-dealkylation sites (N-methyl/N-ethyl adjacent to an activating group) is 2. The first-order valence-electron chi connectivity index (χ1n) is 34.1. The van der Waals surface area contributed by atoms with Gasteiger partial charge in [-0.3, -0.25) is 48.2 Å². The summed E-state index contributed by atoms with van der Waals surface area (Å²) in [6.07, 6.45) is -6.32. The minimum absolute atomic E-state index is 0.0452. The van der Waals surface area contributed by atoms with Gasteiger partial charge in [0, 0.05) is 126 Å². The lowest BCUT2D eigenvalue weighted by atomic mass is 9.72.